The molecule has 0 unspecified atom stereocenters. The maximum absolute atomic E-state index is 12.7. The van der Waals surface area contributed by atoms with Gasteiger partial charge < -0.3 is 24.8 Å². The van der Waals surface area contributed by atoms with Crippen LogP contribution in [0.25, 0.3) is 0 Å². The molecule has 224 valence electrons. The average Bonchev–Trinajstić information content (AvgIpc) is 3.03. The Morgan fingerprint density at radius 1 is 0.488 bits per heavy atom. The van der Waals surface area contributed by atoms with E-state index in [-0.39, 0.29) is 11.8 Å². The van der Waals surface area contributed by atoms with Crippen molar-refractivity contribution in [3.8, 4) is 23.0 Å². The van der Waals surface area contributed by atoms with Crippen molar-refractivity contribution < 1.29 is 23.8 Å². The van der Waals surface area contributed by atoms with Crippen molar-refractivity contribution in [1.82, 2.24) is 0 Å². The first kappa shape index (κ1) is 31.2. The molecule has 4 rings (SSSR count). The second-order valence-electron chi connectivity index (χ2n) is 10.2. The smallest absolute Gasteiger partial charge is 0.255 e. The van der Waals surface area contributed by atoms with E-state index in [1.54, 1.807) is 48.5 Å². The Bertz CT molecular complexity index is 1310. The number of carbonyl (C=O) groups excluding carboxylic acids is 2. The minimum Gasteiger partial charge on any atom is -0.494 e. The van der Waals surface area contributed by atoms with E-state index in [0.29, 0.717) is 47.2 Å². The van der Waals surface area contributed by atoms with Gasteiger partial charge in [-0.25, -0.2) is 0 Å². The van der Waals surface area contributed by atoms with Crippen LogP contribution in [0.2, 0.25) is 0 Å². The summed E-state index contributed by atoms with van der Waals surface area (Å²) in [6, 6.07) is 28.5. The number of carbonyl (C=O) groups is 2. The van der Waals surface area contributed by atoms with Crippen molar-refractivity contribution in [3.05, 3.63) is 108 Å². The molecule has 0 radical (unpaired) electrons. The number of hydrogen-bond acceptors (Lipinski definition) is 5. The van der Waals surface area contributed by atoms with Crippen LogP contribution in [0.5, 0.6) is 23.0 Å². The summed E-state index contributed by atoms with van der Waals surface area (Å²) in [6.45, 7) is 5.71. The minimum atomic E-state index is -0.215. The Balaban J connectivity index is 1.23. The van der Waals surface area contributed by atoms with Crippen LogP contribution in [0.15, 0.2) is 97.1 Å². The maximum atomic E-state index is 12.7. The van der Waals surface area contributed by atoms with Crippen LogP contribution in [0.1, 0.15) is 73.1 Å². The van der Waals surface area contributed by atoms with Gasteiger partial charge >= 0.3 is 0 Å². The molecule has 4 aromatic rings. The molecule has 7 nitrogen and oxygen atoms in total. The summed E-state index contributed by atoms with van der Waals surface area (Å²) in [5, 5.41) is 5.80. The molecule has 0 fully saturated rings. The second kappa shape index (κ2) is 16.6. The number of nitrogens with one attached hydrogen (secondary N) is 2. The van der Waals surface area contributed by atoms with Crippen LogP contribution in [0.4, 0.5) is 11.4 Å². The van der Waals surface area contributed by atoms with Crippen LogP contribution in [0.3, 0.4) is 0 Å². The summed E-state index contributed by atoms with van der Waals surface area (Å²) in [4.78, 5) is 25.4. The first-order valence-corrected chi connectivity index (χ1v) is 15.0. The number of unbranched alkanes of at least 4 members (excludes halogenated alkanes) is 4. The monoisotopic (exact) mass is 580 g/mol. The normalized spacial score (nSPS) is 10.6. The molecule has 0 atom stereocenters. The van der Waals surface area contributed by atoms with Crippen molar-refractivity contribution in [1.29, 1.82) is 0 Å². The van der Waals surface area contributed by atoms with E-state index in [9.17, 15) is 9.59 Å². The third kappa shape index (κ3) is 10.2. The molecule has 0 aromatic heterocycles. The molecule has 0 saturated carbocycles. The fourth-order valence-corrected chi connectivity index (χ4v) is 4.24. The second-order valence-corrected chi connectivity index (χ2v) is 10.2. The van der Waals surface area contributed by atoms with Crippen LogP contribution < -0.4 is 24.8 Å². The maximum Gasteiger partial charge on any atom is 0.255 e. The third-order valence-electron chi connectivity index (χ3n) is 6.73. The fraction of sp³-hybridized carbons (Fsp3) is 0.278. The molecule has 0 aliphatic rings. The first-order valence-electron chi connectivity index (χ1n) is 15.0. The SMILES string of the molecule is CCCCCOc1ccc(NC(=O)c2ccc(Oc3ccc(C(=O)Nc4ccc(OCCCCC)cc4)cc3)cc2)cc1. The van der Waals surface area contributed by atoms with Crippen molar-refractivity contribution >= 4 is 23.2 Å². The van der Waals surface area contributed by atoms with Gasteiger partial charge in [-0.1, -0.05) is 39.5 Å². The predicted octanol–water partition coefficient (Wildman–Crippen LogP) is 9.12. The van der Waals surface area contributed by atoms with Crippen molar-refractivity contribution in [2.75, 3.05) is 23.8 Å². The number of hydrogen-bond donors (Lipinski definition) is 2. The molecular formula is C36H40N2O5. The highest BCUT2D eigenvalue weighted by Gasteiger charge is 2.09. The Morgan fingerprint density at radius 2 is 0.837 bits per heavy atom. The molecule has 4 aromatic carbocycles. The van der Waals surface area contributed by atoms with Gasteiger partial charge in [0.05, 0.1) is 13.2 Å². The van der Waals surface area contributed by atoms with Crippen molar-refractivity contribution in [2.24, 2.45) is 0 Å². The number of ether oxygens (including phenoxy) is 3. The molecule has 7 heteroatoms. The minimum absolute atomic E-state index is 0.215. The fourth-order valence-electron chi connectivity index (χ4n) is 4.24. The zero-order valence-corrected chi connectivity index (χ0v) is 24.9. The number of rotatable bonds is 16. The average molecular weight is 581 g/mol. The number of anilines is 2. The Labute approximate surface area is 254 Å². The predicted molar refractivity (Wildman–Crippen MR) is 172 cm³/mol. The molecule has 2 N–H and O–H groups in total. The summed E-state index contributed by atoms with van der Waals surface area (Å²) in [6.07, 6.45) is 6.67. The molecule has 0 saturated heterocycles. The molecule has 0 bridgehead atoms. The van der Waals surface area contributed by atoms with Crippen LogP contribution in [-0.4, -0.2) is 25.0 Å². The van der Waals surface area contributed by atoms with Gasteiger partial charge in [0.1, 0.15) is 23.0 Å². The van der Waals surface area contributed by atoms with Gasteiger partial charge in [-0.15, -0.1) is 0 Å². The summed E-state index contributed by atoms with van der Waals surface area (Å²) < 4.78 is 17.4. The Kier molecular flexibility index (Phi) is 12.0. The zero-order valence-electron chi connectivity index (χ0n) is 24.9. The van der Waals surface area contributed by atoms with Crippen LogP contribution in [0, 0.1) is 0 Å². The zero-order chi connectivity index (χ0) is 30.3. The van der Waals surface area contributed by atoms with Gasteiger partial charge in [0, 0.05) is 22.5 Å². The lowest BCUT2D eigenvalue weighted by atomic mass is 10.2. The van der Waals surface area contributed by atoms with E-state index in [4.69, 9.17) is 14.2 Å². The van der Waals surface area contributed by atoms with E-state index in [2.05, 4.69) is 24.5 Å². The topological polar surface area (TPSA) is 85.9 Å². The largest absolute Gasteiger partial charge is 0.494 e. The summed E-state index contributed by atoms with van der Waals surface area (Å²) in [5.74, 6) is 2.31. The van der Waals surface area contributed by atoms with Gasteiger partial charge in [0.2, 0.25) is 0 Å². The highest BCUT2D eigenvalue weighted by atomic mass is 16.5. The van der Waals surface area contributed by atoms with E-state index in [1.165, 1.54) is 0 Å². The van der Waals surface area contributed by atoms with Crippen LogP contribution in [-0.2, 0) is 0 Å². The van der Waals surface area contributed by atoms with E-state index < -0.39 is 0 Å². The lowest BCUT2D eigenvalue weighted by Gasteiger charge is -2.10. The number of benzene rings is 4. The standard InChI is InChI=1S/C36H40N2O5/c1-3-5-7-25-41-31-21-13-29(14-22-31)37-35(39)27-9-17-33(18-10-27)43-34-19-11-28(12-20-34)36(40)38-30-15-23-32(24-16-30)42-26-8-6-4-2/h9-24H,3-8,25-26H2,1-2H3,(H,37,39)(H,38,40). The molecule has 0 aliphatic carbocycles. The lowest BCUT2D eigenvalue weighted by molar-refractivity contribution is 0.101. The number of amides is 2. The van der Waals surface area contributed by atoms with E-state index in [1.807, 2.05) is 48.5 Å². The molecule has 0 heterocycles. The van der Waals surface area contributed by atoms with Crippen molar-refractivity contribution in [3.63, 3.8) is 0 Å². The third-order valence-corrected chi connectivity index (χ3v) is 6.73. The van der Waals surface area contributed by atoms with Gasteiger partial charge in [-0.3, -0.25) is 9.59 Å². The molecule has 0 aliphatic heterocycles. The Morgan fingerprint density at radius 3 is 1.19 bits per heavy atom. The van der Waals surface area contributed by atoms with Gasteiger partial charge in [0.25, 0.3) is 11.8 Å². The summed E-state index contributed by atoms with van der Waals surface area (Å²) in [7, 11) is 0. The van der Waals surface area contributed by atoms with Gasteiger partial charge in [0.15, 0.2) is 0 Å². The quantitative estimate of drug-likeness (QED) is 0.129. The Hall–Kier alpha value is -4.78. The summed E-state index contributed by atoms with van der Waals surface area (Å²) in [5.41, 5.74) is 2.41. The van der Waals surface area contributed by atoms with E-state index in [0.717, 1.165) is 50.0 Å². The lowest BCUT2D eigenvalue weighted by Crippen LogP contribution is -2.11. The highest BCUT2D eigenvalue weighted by molar-refractivity contribution is 6.05. The molecular weight excluding hydrogens is 540 g/mol. The van der Waals surface area contributed by atoms with Crippen molar-refractivity contribution in [2.45, 2.75) is 52.4 Å². The van der Waals surface area contributed by atoms with E-state index >= 15 is 0 Å². The highest BCUT2D eigenvalue weighted by Crippen LogP contribution is 2.24. The van der Waals surface area contributed by atoms with Crippen LogP contribution >= 0.6 is 0 Å². The summed E-state index contributed by atoms with van der Waals surface area (Å²) >= 11 is 0. The molecule has 43 heavy (non-hydrogen) atoms. The molecule has 2 amide bonds. The van der Waals surface area contributed by atoms with Gasteiger partial charge in [-0.2, -0.15) is 0 Å². The first-order chi connectivity index (χ1) is 21.0. The molecule has 0 spiro atoms. The van der Waals surface area contributed by atoms with Gasteiger partial charge in [-0.05, 0) is 110 Å².